The van der Waals surface area contributed by atoms with E-state index in [9.17, 15) is 0 Å². The molecule has 1 N–H and O–H groups in total. The van der Waals surface area contributed by atoms with Crippen molar-refractivity contribution in [2.75, 3.05) is 0 Å². The van der Waals surface area contributed by atoms with Gasteiger partial charge in [-0.15, -0.1) is 0 Å². The number of rotatable bonds is 0. The molecule has 0 saturated heterocycles. The van der Waals surface area contributed by atoms with Crippen LogP contribution in [0.4, 0.5) is 0 Å². The summed E-state index contributed by atoms with van der Waals surface area (Å²) < 4.78 is 0. The fourth-order valence-electron chi connectivity index (χ4n) is 0. The maximum atomic E-state index is 8.89. The van der Waals surface area contributed by atoms with Gasteiger partial charge < -0.3 is 15.4 Å². The van der Waals surface area contributed by atoms with E-state index in [1.807, 2.05) is 0 Å². The summed E-state index contributed by atoms with van der Waals surface area (Å²) in [5.41, 5.74) is 0. The van der Waals surface area contributed by atoms with Gasteiger partial charge in [-0.25, -0.2) is 0 Å². The topological polar surface area (TPSA) is 70.1 Å². The molecule has 3 nitrogen and oxygen atoms in total. The quantitative estimate of drug-likeness (QED) is 0.379. The van der Waals surface area contributed by atoms with Crippen molar-refractivity contribution in [3.63, 3.8) is 0 Å². The van der Waals surface area contributed by atoms with Gasteiger partial charge in [0.1, 0.15) is 0 Å². The van der Waals surface area contributed by atoms with Gasteiger partial charge in [0.25, 0.3) is 0 Å². The van der Waals surface area contributed by atoms with E-state index in [4.69, 9.17) is 9.90 Å². The van der Waals surface area contributed by atoms with Gasteiger partial charge in [0.05, 0.1) is 0 Å². The van der Waals surface area contributed by atoms with Gasteiger partial charge in [-0.2, -0.15) is 0 Å². The molecule has 0 rings (SSSR count). The molecule has 6 heavy (non-hydrogen) atoms. The number of hydrogen-bond acceptors (Lipinski definition) is 3. The van der Waals surface area contributed by atoms with Gasteiger partial charge in [0, 0.05) is 5.97 Å². The summed E-state index contributed by atoms with van der Waals surface area (Å²) in [6.45, 7) is 0.972. The Bertz CT molecular complexity index is 31.8. The minimum atomic E-state index is -1.08. The molecule has 0 unspecified atom stereocenters. The largest absolute Gasteiger partial charge is 2.00 e. The molecule has 0 spiro atoms. The second-order valence-corrected chi connectivity index (χ2v) is 0.492. The van der Waals surface area contributed by atoms with E-state index in [2.05, 4.69) is 0 Å². The Kier molecular flexibility index (Phi) is 24.8. The Morgan fingerprint density at radius 3 is 1.67 bits per heavy atom. The van der Waals surface area contributed by atoms with Crippen LogP contribution in [0.2, 0.25) is 0 Å². The van der Waals surface area contributed by atoms with Crippen molar-refractivity contribution in [2.45, 2.75) is 6.92 Å². The molecule has 0 aromatic heterocycles. The number of aliphatic carboxylic acids is 1. The van der Waals surface area contributed by atoms with Crippen molar-refractivity contribution in [3.05, 3.63) is 0 Å². The fraction of sp³-hybridized carbons (Fsp3) is 0.500. The number of hydrogen-bond donors (Lipinski definition) is 0. The molecular formula is C2H4FeO3. The van der Waals surface area contributed by atoms with Crippen LogP contribution in [-0.4, -0.2) is 11.4 Å². The molecule has 0 aromatic rings. The fourth-order valence-corrected chi connectivity index (χ4v) is 0. The first-order valence-electron chi connectivity index (χ1n) is 0.908. The van der Waals surface area contributed by atoms with Crippen LogP contribution >= 0.6 is 0 Å². The average Bonchev–Trinajstić information content (AvgIpc) is 0.811. The smallest absolute Gasteiger partial charge is 0.870 e. The van der Waals surface area contributed by atoms with Crippen LogP contribution < -0.4 is 5.11 Å². The van der Waals surface area contributed by atoms with Crippen molar-refractivity contribution in [1.29, 1.82) is 0 Å². The summed E-state index contributed by atoms with van der Waals surface area (Å²) in [7, 11) is 0. The zero-order valence-electron chi connectivity index (χ0n) is 3.12. The van der Waals surface area contributed by atoms with Gasteiger partial charge in [-0.3, -0.25) is 0 Å². The normalized spacial score (nSPS) is 4.17. The summed E-state index contributed by atoms with van der Waals surface area (Å²) in [6, 6.07) is 0. The van der Waals surface area contributed by atoms with Crippen LogP contribution in [0.15, 0.2) is 0 Å². The van der Waals surface area contributed by atoms with Gasteiger partial charge >= 0.3 is 17.1 Å². The third kappa shape index (κ3) is 13500. The first-order valence-corrected chi connectivity index (χ1v) is 0.908. The second-order valence-electron chi connectivity index (χ2n) is 0.492. The minimum Gasteiger partial charge on any atom is -0.870 e. The van der Waals surface area contributed by atoms with Crippen LogP contribution in [0.3, 0.4) is 0 Å². The van der Waals surface area contributed by atoms with Crippen LogP contribution in [0.5, 0.6) is 0 Å². The SMILES string of the molecule is CC(=O)[O-].[Fe+2].[OH-]. The minimum absolute atomic E-state index is 0. The summed E-state index contributed by atoms with van der Waals surface area (Å²) >= 11 is 0. The molecular weight excluding hydrogens is 128 g/mol. The van der Waals surface area contributed by atoms with E-state index < -0.39 is 5.97 Å². The van der Waals surface area contributed by atoms with E-state index in [1.165, 1.54) is 0 Å². The molecule has 0 aliphatic rings. The van der Waals surface area contributed by atoms with Crippen molar-refractivity contribution >= 4 is 5.97 Å². The predicted molar refractivity (Wildman–Crippen MR) is 12.6 cm³/mol. The van der Waals surface area contributed by atoms with Crippen LogP contribution in [-0.2, 0) is 21.9 Å². The summed E-state index contributed by atoms with van der Waals surface area (Å²) in [4.78, 5) is 8.89. The number of carbonyl (C=O) groups is 1. The van der Waals surface area contributed by atoms with Gasteiger partial charge in [-0.05, 0) is 6.92 Å². The monoisotopic (exact) mass is 132 g/mol. The average molecular weight is 132 g/mol. The Balaban J connectivity index is -0.0000000450. The molecule has 0 atom stereocenters. The molecule has 0 aliphatic heterocycles. The third-order valence-corrected chi connectivity index (χ3v) is 0. The Labute approximate surface area is 46.1 Å². The molecule has 0 heterocycles. The first-order chi connectivity index (χ1) is 1.73. The van der Waals surface area contributed by atoms with Gasteiger partial charge in [0.15, 0.2) is 0 Å². The van der Waals surface area contributed by atoms with Crippen LogP contribution in [0, 0.1) is 0 Å². The number of carboxylic acid groups (broad SMARTS) is 1. The number of carbonyl (C=O) groups excluding carboxylic acids is 1. The molecule has 0 radical (unpaired) electrons. The van der Waals surface area contributed by atoms with E-state index in [0.29, 0.717) is 0 Å². The molecule has 4 heteroatoms. The van der Waals surface area contributed by atoms with Crippen LogP contribution in [0.25, 0.3) is 0 Å². The van der Waals surface area contributed by atoms with E-state index in [-0.39, 0.29) is 22.5 Å². The van der Waals surface area contributed by atoms with Crippen molar-refractivity contribution in [3.8, 4) is 0 Å². The zero-order chi connectivity index (χ0) is 3.58. The van der Waals surface area contributed by atoms with Crippen molar-refractivity contribution < 1.29 is 32.4 Å². The summed E-state index contributed by atoms with van der Waals surface area (Å²) in [6.07, 6.45) is 0. The van der Waals surface area contributed by atoms with Gasteiger partial charge in [0.2, 0.25) is 0 Å². The number of carboxylic acids is 1. The van der Waals surface area contributed by atoms with E-state index in [0.717, 1.165) is 6.92 Å². The Morgan fingerprint density at radius 1 is 1.67 bits per heavy atom. The summed E-state index contributed by atoms with van der Waals surface area (Å²) in [5, 5.41) is 8.89. The predicted octanol–water partition coefficient (Wildman–Crippen LogP) is -1.42. The zero-order valence-corrected chi connectivity index (χ0v) is 4.22. The van der Waals surface area contributed by atoms with E-state index >= 15 is 0 Å². The molecule has 0 aromatic carbocycles. The molecule has 0 saturated carbocycles. The summed E-state index contributed by atoms with van der Waals surface area (Å²) in [5.74, 6) is -1.08. The molecule has 0 fully saturated rings. The van der Waals surface area contributed by atoms with Crippen molar-refractivity contribution in [2.24, 2.45) is 0 Å². The molecule has 0 amide bonds. The van der Waals surface area contributed by atoms with Gasteiger partial charge in [-0.1, -0.05) is 0 Å². The molecule has 0 bridgehead atoms. The van der Waals surface area contributed by atoms with Crippen LogP contribution in [0.1, 0.15) is 6.92 Å². The first kappa shape index (κ1) is 16.8. The Morgan fingerprint density at radius 2 is 1.67 bits per heavy atom. The maximum absolute atomic E-state index is 8.89. The molecule has 0 aliphatic carbocycles. The molecule has 38 valence electrons. The second kappa shape index (κ2) is 8.87. The standard InChI is InChI=1S/C2H4O2.Fe.H2O/c1-2(3)4;;/h1H3,(H,3,4);;1H2/q;+2;/p-2. The van der Waals surface area contributed by atoms with Crippen molar-refractivity contribution in [1.82, 2.24) is 0 Å². The Hall–Kier alpha value is -0.0505. The van der Waals surface area contributed by atoms with E-state index in [1.54, 1.807) is 0 Å². The third-order valence-electron chi connectivity index (χ3n) is 0. The maximum Gasteiger partial charge on any atom is 2.00 e.